The molecule has 1 aliphatic rings. The van der Waals surface area contributed by atoms with Gasteiger partial charge in [0.05, 0.1) is 0 Å². The first kappa shape index (κ1) is 14.2. The van der Waals surface area contributed by atoms with Crippen LogP contribution in [0.25, 0.3) is 0 Å². The summed E-state index contributed by atoms with van der Waals surface area (Å²) in [6.45, 7) is 1.85. The van der Waals surface area contributed by atoms with Crippen LogP contribution in [-0.2, 0) is 11.8 Å². The highest BCUT2D eigenvalue weighted by Crippen LogP contribution is 2.36. The van der Waals surface area contributed by atoms with Gasteiger partial charge in [-0.15, -0.1) is 0 Å². The summed E-state index contributed by atoms with van der Waals surface area (Å²) in [5, 5.41) is 5.61. The number of hydrogen-bond donors (Lipinski definition) is 1. The van der Waals surface area contributed by atoms with E-state index in [1.807, 2.05) is 36.4 Å². The first-order valence-electron chi connectivity index (χ1n) is 6.50. The van der Waals surface area contributed by atoms with Crippen LogP contribution in [0.2, 0.25) is 15.1 Å². The largest absolute Gasteiger partial charge is 0.315 e. The zero-order valence-electron chi connectivity index (χ0n) is 10.8. The summed E-state index contributed by atoms with van der Waals surface area (Å²) in [4.78, 5) is 0. The standard InChI is InChI=1S/C16H14Cl3N/c17-13-3-1-2-12(7-13)16(9-20-10-16)8-11-6-14(18)4-5-15(11)19/h1-7,20H,8-10H2. The van der Waals surface area contributed by atoms with Crippen molar-refractivity contribution in [2.24, 2.45) is 0 Å². The minimum atomic E-state index is 0.0548. The van der Waals surface area contributed by atoms with Crippen LogP contribution in [0.4, 0.5) is 0 Å². The molecule has 4 heteroatoms. The highest BCUT2D eigenvalue weighted by molar-refractivity contribution is 6.33. The SMILES string of the molecule is Clc1cccc(C2(Cc3cc(Cl)ccc3Cl)CNC2)c1. The maximum atomic E-state index is 6.30. The summed E-state index contributed by atoms with van der Waals surface area (Å²) < 4.78 is 0. The van der Waals surface area contributed by atoms with Gasteiger partial charge in [-0.25, -0.2) is 0 Å². The van der Waals surface area contributed by atoms with Crippen molar-refractivity contribution in [1.29, 1.82) is 0 Å². The van der Waals surface area contributed by atoms with Crippen LogP contribution in [-0.4, -0.2) is 13.1 Å². The van der Waals surface area contributed by atoms with Crippen LogP contribution in [0.1, 0.15) is 11.1 Å². The number of nitrogens with one attached hydrogen (secondary N) is 1. The van der Waals surface area contributed by atoms with E-state index in [-0.39, 0.29) is 5.41 Å². The van der Waals surface area contributed by atoms with Crippen molar-refractivity contribution in [2.75, 3.05) is 13.1 Å². The Morgan fingerprint density at radius 1 is 0.950 bits per heavy atom. The van der Waals surface area contributed by atoms with Crippen molar-refractivity contribution >= 4 is 34.8 Å². The lowest BCUT2D eigenvalue weighted by atomic mass is 9.71. The van der Waals surface area contributed by atoms with Crippen molar-refractivity contribution in [3.8, 4) is 0 Å². The Bertz CT molecular complexity index is 635. The van der Waals surface area contributed by atoms with Crippen molar-refractivity contribution in [2.45, 2.75) is 11.8 Å². The van der Waals surface area contributed by atoms with Crippen LogP contribution in [0.15, 0.2) is 42.5 Å². The summed E-state index contributed by atoms with van der Waals surface area (Å²) in [6.07, 6.45) is 0.861. The Morgan fingerprint density at radius 2 is 1.70 bits per heavy atom. The second-order valence-corrected chi connectivity index (χ2v) is 6.59. The lowest BCUT2D eigenvalue weighted by Crippen LogP contribution is -2.58. The molecule has 2 aromatic carbocycles. The van der Waals surface area contributed by atoms with Gasteiger partial charge in [0, 0.05) is 33.6 Å². The fourth-order valence-electron chi connectivity index (χ4n) is 2.72. The predicted molar refractivity (Wildman–Crippen MR) is 86.2 cm³/mol. The van der Waals surface area contributed by atoms with Gasteiger partial charge in [0.1, 0.15) is 0 Å². The summed E-state index contributed by atoms with van der Waals surface area (Å²) in [6, 6.07) is 13.7. The summed E-state index contributed by atoms with van der Waals surface area (Å²) in [7, 11) is 0. The van der Waals surface area contributed by atoms with Gasteiger partial charge in [0.15, 0.2) is 0 Å². The van der Waals surface area contributed by atoms with Crippen LogP contribution in [0.5, 0.6) is 0 Å². The lowest BCUT2D eigenvalue weighted by molar-refractivity contribution is 0.275. The van der Waals surface area contributed by atoms with Crippen LogP contribution >= 0.6 is 34.8 Å². The van der Waals surface area contributed by atoms with E-state index in [4.69, 9.17) is 34.8 Å². The minimum absolute atomic E-state index is 0.0548. The monoisotopic (exact) mass is 325 g/mol. The third-order valence-corrected chi connectivity index (χ3v) is 4.74. The molecule has 1 fully saturated rings. The Labute approximate surface area is 133 Å². The molecule has 0 radical (unpaired) electrons. The van der Waals surface area contributed by atoms with Gasteiger partial charge in [-0.1, -0.05) is 46.9 Å². The van der Waals surface area contributed by atoms with Gasteiger partial charge in [0.25, 0.3) is 0 Å². The smallest absolute Gasteiger partial charge is 0.0439 e. The molecule has 2 aromatic rings. The van der Waals surface area contributed by atoms with E-state index in [2.05, 4.69) is 11.4 Å². The van der Waals surface area contributed by atoms with E-state index < -0.39 is 0 Å². The van der Waals surface area contributed by atoms with E-state index in [1.54, 1.807) is 0 Å². The molecule has 0 spiro atoms. The molecule has 104 valence electrons. The van der Waals surface area contributed by atoms with Crippen molar-refractivity contribution in [3.05, 3.63) is 68.7 Å². The Balaban J connectivity index is 1.96. The van der Waals surface area contributed by atoms with Crippen LogP contribution in [0.3, 0.4) is 0 Å². The maximum Gasteiger partial charge on any atom is 0.0439 e. The number of benzene rings is 2. The quantitative estimate of drug-likeness (QED) is 0.859. The molecular formula is C16H14Cl3N. The van der Waals surface area contributed by atoms with E-state index in [0.717, 1.165) is 40.1 Å². The summed E-state index contributed by atoms with van der Waals surface area (Å²) in [5.74, 6) is 0. The molecule has 0 aromatic heterocycles. The number of halogens is 3. The highest BCUT2D eigenvalue weighted by Gasteiger charge is 2.39. The Hall–Kier alpha value is -0.730. The molecule has 0 aliphatic carbocycles. The minimum Gasteiger partial charge on any atom is -0.315 e. The molecule has 0 amide bonds. The molecule has 0 bridgehead atoms. The zero-order valence-corrected chi connectivity index (χ0v) is 13.1. The molecule has 0 saturated carbocycles. The lowest BCUT2D eigenvalue weighted by Gasteiger charge is -2.43. The van der Waals surface area contributed by atoms with E-state index in [9.17, 15) is 0 Å². The van der Waals surface area contributed by atoms with E-state index >= 15 is 0 Å². The van der Waals surface area contributed by atoms with Crippen LogP contribution < -0.4 is 5.32 Å². The first-order valence-corrected chi connectivity index (χ1v) is 7.63. The molecule has 1 heterocycles. The highest BCUT2D eigenvalue weighted by atomic mass is 35.5. The topological polar surface area (TPSA) is 12.0 Å². The van der Waals surface area contributed by atoms with Crippen molar-refractivity contribution in [1.82, 2.24) is 5.32 Å². The molecular weight excluding hydrogens is 313 g/mol. The van der Waals surface area contributed by atoms with Crippen molar-refractivity contribution < 1.29 is 0 Å². The van der Waals surface area contributed by atoms with Crippen molar-refractivity contribution in [3.63, 3.8) is 0 Å². The van der Waals surface area contributed by atoms with E-state index in [0.29, 0.717) is 0 Å². The van der Waals surface area contributed by atoms with Gasteiger partial charge >= 0.3 is 0 Å². The van der Waals surface area contributed by atoms with Gasteiger partial charge < -0.3 is 5.32 Å². The molecule has 1 N–H and O–H groups in total. The van der Waals surface area contributed by atoms with Gasteiger partial charge in [-0.3, -0.25) is 0 Å². The third kappa shape index (κ3) is 2.68. The Morgan fingerprint density at radius 3 is 2.35 bits per heavy atom. The van der Waals surface area contributed by atoms with Gasteiger partial charge in [-0.05, 0) is 47.9 Å². The summed E-state index contributed by atoms with van der Waals surface area (Å²) in [5.41, 5.74) is 2.39. The van der Waals surface area contributed by atoms with E-state index in [1.165, 1.54) is 5.56 Å². The summed E-state index contributed by atoms with van der Waals surface area (Å²) >= 11 is 18.5. The molecule has 3 rings (SSSR count). The second kappa shape index (κ2) is 5.57. The zero-order chi connectivity index (χ0) is 14.2. The molecule has 0 atom stereocenters. The van der Waals surface area contributed by atoms with Gasteiger partial charge in [-0.2, -0.15) is 0 Å². The molecule has 1 saturated heterocycles. The fraction of sp³-hybridized carbons (Fsp3) is 0.250. The maximum absolute atomic E-state index is 6.30. The molecule has 20 heavy (non-hydrogen) atoms. The molecule has 0 unspecified atom stereocenters. The fourth-order valence-corrected chi connectivity index (χ4v) is 3.29. The average molecular weight is 327 g/mol. The predicted octanol–water partition coefficient (Wildman–Crippen LogP) is 4.73. The average Bonchev–Trinajstić information content (AvgIpc) is 2.38. The Kier molecular flexibility index (Phi) is 3.96. The molecule has 1 aliphatic heterocycles. The first-order chi connectivity index (χ1) is 9.59. The third-order valence-electron chi connectivity index (χ3n) is 3.90. The van der Waals surface area contributed by atoms with Crippen LogP contribution in [0, 0.1) is 0 Å². The second-order valence-electron chi connectivity index (χ2n) is 5.31. The molecule has 1 nitrogen and oxygen atoms in total. The number of hydrogen-bond acceptors (Lipinski definition) is 1. The normalized spacial score (nSPS) is 16.8. The van der Waals surface area contributed by atoms with Gasteiger partial charge in [0.2, 0.25) is 0 Å². The number of rotatable bonds is 3.